The smallest absolute Gasteiger partial charge is 0.167 e. The molecule has 1 saturated heterocycles. The van der Waals surface area contributed by atoms with Crippen LogP contribution in [0.2, 0.25) is 0 Å². The summed E-state index contributed by atoms with van der Waals surface area (Å²) in [5.74, 6) is 0.321. The largest absolute Gasteiger partial charge is 0.393 e. The molecule has 8 heteroatoms. The third-order valence-electron chi connectivity index (χ3n) is 4.12. The van der Waals surface area contributed by atoms with Crippen molar-refractivity contribution < 1.29 is 20.1 Å². The van der Waals surface area contributed by atoms with E-state index in [1.165, 1.54) is 13.3 Å². The maximum Gasteiger partial charge on any atom is 0.167 e. The van der Waals surface area contributed by atoms with E-state index in [4.69, 9.17) is 10.5 Å². The van der Waals surface area contributed by atoms with Gasteiger partial charge in [-0.3, -0.25) is 0 Å². The molecule has 2 aromatic heterocycles. The van der Waals surface area contributed by atoms with E-state index in [1.807, 2.05) is 0 Å². The molecule has 0 aromatic carbocycles. The van der Waals surface area contributed by atoms with Crippen LogP contribution in [0, 0.1) is 0 Å². The lowest BCUT2D eigenvalue weighted by molar-refractivity contribution is -0.119. The Labute approximate surface area is 120 Å². The van der Waals surface area contributed by atoms with Crippen molar-refractivity contribution >= 4 is 16.9 Å². The SMILES string of the molecule is CC1(CO)OC(n2ccc3c(N)ncnc32)C(C)(O)C1O. The highest BCUT2D eigenvalue weighted by Crippen LogP contribution is 2.45. The van der Waals surface area contributed by atoms with Gasteiger partial charge in [0.25, 0.3) is 0 Å². The van der Waals surface area contributed by atoms with E-state index < -0.39 is 30.1 Å². The predicted octanol–water partition coefficient (Wildman–Crippen LogP) is -0.595. The number of nitrogens with two attached hydrogens (primary N) is 1. The van der Waals surface area contributed by atoms with Gasteiger partial charge in [-0.15, -0.1) is 0 Å². The third kappa shape index (κ3) is 1.84. The summed E-state index contributed by atoms with van der Waals surface area (Å²) in [5, 5.41) is 31.0. The number of ether oxygens (including phenoxy) is 1. The second-order valence-corrected chi connectivity index (χ2v) is 5.79. The Morgan fingerprint density at radius 2 is 2.14 bits per heavy atom. The van der Waals surface area contributed by atoms with Gasteiger partial charge >= 0.3 is 0 Å². The molecule has 1 fully saturated rings. The molecular weight excluding hydrogens is 276 g/mol. The van der Waals surface area contributed by atoms with Crippen LogP contribution in [0.15, 0.2) is 18.6 Å². The zero-order valence-corrected chi connectivity index (χ0v) is 11.8. The molecule has 114 valence electrons. The fourth-order valence-electron chi connectivity index (χ4n) is 2.83. The van der Waals surface area contributed by atoms with Crippen LogP contribution in [0.1, 0.15) is 20.1 Å². The molecule has 0 amide bonds. The minimum atomic E-state index is -1.59. The van der Waals surface area contributed by atoms with Gasteiger partial charge < -0.3 is 30.4 Å². The van der Waals surface area contributed by atoms with Crippen molar-refractivity contribution in [1.29, 1.82) is 0 Å². The van der Waals surface area contributed by atoms with Gasteiger partial charge in [0.05, 0.1) is 12.0 Å². The fraction of sp³-hybridized carbons (Fsp3) is 0.538. The Hall–Kier alpha value is -1.74. The second kappa shape index (κ2) is 4.38. The van der Waals surface area contributed by atoms with E-state index in [1.54, 1.807) is 23.8 Å². The number of hydrogen-bond acceptors (Lipinski definition) is 7. The van der Waals surface area contributed by atoms with Gasteiger partial charge in [-0.2, -0.15) is 0 Å². The van der Waals surface area contributed by atoms with Crippen molar-refractivity contribution in [3.05, 3.63) is 18.6 Å². The second-order valence-electron chi connectivity index (χ2n) is 5.79. The molecule has 8 nitrogen and oxygen atoms in total. The Bertz CT molecular complexity index is 686. The molecule has 0 spiro atoms. The number of hydrogen-bond donors (Lipinski definition) is 4. The maximum atomic E-state index is 10.6. The average Bonchev–Trinajstić information content (AvgIpc) is 2.94. The van der Waals surface area contributed by atoms with E-state index >= 15 is 0 Å². The minimum absolute atomic E-state index is 0.321. The lowest BCUT2D eigenvalue weighted by Crippen LogP contribution is -2.49. The van der Waals surface area contributed by atoms with Gasteiger partial charge in [0, 0.05) is 6.20 Å². The standard InChI is InChI=1S/C13H18N4O4/c1-12(5-18)10(19)13(2,20)11(21-12)17-4-3-7-8(14)15-6-16-9(7)17/h3-4,6,10-11,18-20H,5H2,1-2H3,(H2,14,15,16). The first-order valence-corrected chi connectivity index (χ1v) is 6.57. The number of aliphatic hydroxyl groups excluding tert-OH is 2. The molecule has 0 aliphatic carbocycles. The van der Waals surface area contributed by atoms with Crippen molar-refractivity contribution in [3.8, 4) is 0 Å². The number of rotatable bonds is 2. The highest BCUT2D eigenvalue weighted by atomic mass is 16.6. The van der Waals surface area contributed by atoms with Crippen LogP contribution < -0.4 is 5.73 Å². The summed E-state index contributed by atoms with van der Waals surface area (Å²) in [6.45, 7) is 2.58. The maximum absolute atomic E-state index is 10.6. The van der Waals surface area contributed by atoms with Crippen LogP contribution >= 0.6 is 0 Å². The van der Waals surface area contributed by atoms with Crippen molar-refractivity contribution in [2.24, 2.45) is 0 Å². The van der Waals surface area contributed by atoms with Crippen LogP contribution in [-0.4, -0.2) is 53.8 Å². The fourth-order valence-corrected chi connectivity index (χ4v) is 2.83. The van der Waals surface area contributed by atoms with Crippen LogP contribution in [0.25, 0.3) is 11.0 Å². The van der Waals surface area contributed by atoms with E-state index in [0.29, 0.717) is 16.9 Å². The summed E-state index contributed by atoms with van der Waals surface area (Å²) in [7, 11) is 0. The number of anilines is 1. The summed E-state index contributed by atoms with van der Waals surface area (Å²) in [5.41, 5.74) is 3.42. The quantitative estimate of drug-likeness (QED) is 0.582. The Balaban J connectivity index is 2.13. The first kappa shape index (κ1) is 14.2. The summed E-state index contributed by atoms with van der Waals surface area (Å²) in [4.78, 5) is 8.05. The number of nitrogen functional groups attached to an aromatic ring is 1. The van der Waals surface area contributed by atoms with Gasteiger partial charge in [0.15, 0.2) is 6.23 Å². The monoisotopic (exact) mass is 294 g/mol. The summed E-state index contributed by atoms with van der Waals surface area (Å²) < 4.78 is 7.31. The highest BCUT2D eigenvalue weighted by molar-refractivity contribution is 5.86. The molecule has 0 saturated carbocycles. The number of aromatic nitrogens is 3. The van der Waals surface area contributed by atoms with Crippen molar-refractivity contribution in [1.82, 2.24) is 14.5 Å². The molecule has 1 aliphatic rings. The van der Waals surface area contributed by atoms with Crippen LogP contribution in [-0.2, 0) is 4.74 Å². The molecule has 3 heterocycles. The van der Waals surface area contributed by atoms with E-state index in [9.17, 15) is 15.3 Å². The molecule has 4 atom stereocenters. The van der Waals surface area contributed by atoms with Crippen molar-refractivity contribution in [3.63, 3.8) is 0 Å². The Morgan fingerprint density at radius 3 is 2.76 bits per heavy atom. The first-order valence-electron chi connectivity index (χ1n) is 6.57. The van der Waals surface area contributed by atoms with Crippen LogP contribution in [0.4, 0.5) is 5.82 Å². The number of fused-ring (bicyclic) bond motifs is 1. The average molecular weight is 294 g/mol. The zero-order chi connectivity index (χ0) is 15.4. The van der Waals surface area contributed by atoms with Gasteiger partial charge in [0.1, 0.15) is 35.1 Å². The molecule has 21 heavy (non-hydrogen) atoms. The van der Waals surface area contributed by atoms with Gasteiger partial charge in [-0.1, -0.05) is 0 Å². The zero-order valence-electron chi connectivity index (χ0n) is 11.8. The molecule has 2 aromatic rings. The van der Waals surface area contributed by atoms with E-state index in [0.717, 1.165) is 0 Å². The van der Waals surface area contributed by atoms with Crippen LogP contribution in [0.5, 0.6) is 0 Å². The number of nitrogens with zero attached hydrogens (tertiary/aromatic N) is 3. The van der Waals surface area contributed by atoms with Crippen molar-refractivity contribution in [2.45, 2.75) is 37.4 Å². The van der Waals surface area contributed by atoms with E-state index in [2.05, 4.69) is 9.97 Å². The molecule has 5 N–H and O–H groups in total. The molecular formula is C13H18N4O4. The third-order valence-corrected chi connectivity index (χ3v) is 4.12. The number of aliphatic hydroxyl groups is 3. The van der Waals surface area contributed by atoms with Gasteiger partial charge in [-0.05, 0) is 19.9 Å². The molecule has 0 radical (unpaired) electrons. The first-order chi connectivity index (χ1) is 9.81. The lowest BCUT2D eigenvalue weighted by atomic mass is 9.89. The molecule has 0 bridgehead atoms. The lowest BCUT2D eigenvalue weighted by Gasteiger charge is -2.28. The predicted molar refractivity (Wildman–Crippen MR) is 74.2 cm³/mol. The Morgan fingerprint density at radius 1 is 1.43 bits per heavy atom. The van der Waals surface area contributed by atoms with Gasteiger partial charge in [-0.25, -0.2) is 9.97 Å². The molecule has 1 aliphatic heterocycles. The van der Waals surface area contributed by atoms with Crippen molar-refractivity contribution in [2.75, 3.05) is 12.3 Å². The Kier molecular flexibility index (Phi) is 2.96. The summed E-state index contributed by atoms with van der Waals surface area (Å²) >= 11 is 0. The molecule has 4 unspecified atom stereocenters. The normalized spacial score (nSPS) is 36.4. The van der Waals surface area contributed by atoms with Crippen LogP contribution in [0.3, 0.4) is 0 Å². The summed E-state index contributed by atoms with van der Waals surface area (Å²) in [6.07, 6.45) is 0.817. The minimum Gasteiger partial charge on any atom is -0.393 e. The van der Waals surface area contributed by atoms with E-state index in [-0.39, 0.29) is 0 Å². The van der Waals surface area contributed by atoms with Gasteiger partial charge in [0.2, 0.25) is 0 Å². The summed E-state index contributed by atoms with van der Waals surface area (Å²) in [6, 6.07) is 1.71. The molecule has 3 rings (SSSR count). The highest BCUT2D eigenvalue weighted by Gasteiger charge is 2.59. The topological polar surface area (TPSA) is 127 Å².